The van der Waals surface area contributed by atoms with Gasteiger partial charge >= 0.3 is 0 Å². The maximum absolute atomic E-state index is 5.90. The van der Waals surface area contributed by atoms with Crippen LogP contribution in [0.25, 0.3) is 10.9 Å². The molecule has 1 atom stereocenters. The molecule has 1 heterocycles. The van der Waals surface area contributed by atoms with Gasteiger partial charge in [-0.25, -0.2) is 0 Å². The quantitative estimate of drug-likeness (QED) is 0.917. The predicted octanol–water partition coefficient (Wildman–Crippen LogP) is 3.08. The van der Waals surface area contributed by atoms with Crippen LogP contribution in [0.1, 0.15) is 30.2 Å². The fourth-order valence-electron chi connectivity index (χ4n) is 2.73. The van der Waals surface area contributed by atoms with Crippen LogP contribution in [-0.4, -0.2) is 17.7 Å². The molecule has 1 unspecified atom stereocenters. The summed E-state index contributed by atoms with van der Waals surface area (Å²) in [7, 11) is 3.84. The van der Waals surface area contributed by atoms with Crippen LogP contribution in [-0.2, 0) is 13.5 Å². The summed E-state index contributed by atoms with van der Waals surface area (Å²) in [6.45, 7) is 6.34. The summed E-state index contributed by atoms with van der Waals surface area (Å²) in [5, 5.41) is 1.30. The standard InChI is InChI=1S/C16H24N2O/c1-10-8-14-13(7-6-11(2)17)12(3)18(4)16(14)15(9-10)19-5/h8-9,11H,6-7,17H2,1-5H3. The van der Waals surface area contributed by atoms with Crippen molar-refractivity contribution in [3.05, 3.63) is 29.0 Å². The lowest BCUT2D eigenvalue weighted by atomic mass is 10.0. The number of hydrogen-bond acceptors (Lipinski definition) is 2. The number of fused-ring (bicyclic) bond motifs is 1. The molecule has 0 radical (unpaired) electrons. The van der Waals surface area contributed by atoms with Crippen molar-refractivity contribution in [2.24, 2.45) is 12.8 Å². The van der Waals surface area contributed by atoms with Crippen molar-refractivity contribution < 1.29 is 4.74 Å². The van der Waals surface area contributed by atoms with Crippen molar-refractivity contribution in [2.75, 3.05) is 7.11 Å². The molecule has 2 rings (SSSR count). The summed E-state index contributed by atoms with van der Waals surface area (Å²) in [4.78, 5) is 0. The molecule has 0 aliphatic rings. The third kappa shape index (κ3) is 2.47. The highest BCUT2D eigenvalue weighted by molar-refractivity contribution is 5.91. The van der Waals surface area contributed by atoms with E-state index >= 15 is 0 Å². The van der Waals surface area contributed by atoms with Crippen molar-refractivity contribution in [1.29, 1.82) is 0 Å². The minimum Gasteiger partial charge on any atom is -0.495 e. The molecule has 0 aliphatic carbocycles. The average Bonchev–Trinajstić information content (AvgIpc) is 2.58. The fraction of sp³-hybridized carbons (Fsp3) is 0.500. The first-order chi connectivity index (χ1) is 8.95. The molecule has 1 aromatic heterocycles. The lowest BCUT2D eigenvalue weighted by Crippen LogP contribution is -2.15. The Balaban J connectivity index is 2.63. The molecule has 0 aliphatic heterocycles. The Morgan fingerprint density at radius 3 is 2.58 bits per heavy atom. The molecule has 104 valence electrons. The molecule has 0 spiro atoms. The minimum atomic E-state index is 0.237. The molecule has 19 heavy (non-hydrogen) atoms. The van der Waals surface area contributed by atoms with E-state index in [0.29, 0.717) is 0 Å². The Morgan fingerprint density at radius 1 is 1.32 bits per heavy atom. The number of ether oxygens (including phenoxy) is 1. The van der Waals surface area contributed by atoms with Gasteiger partial charge in [-0.05, 0) is 56.9 Å². The van der Waals surface area contributed by atoms with Crippen LogP contribution in [0.4, 0.5) is 0 Å². The van der Waals surface area contributed by atoms with E-state index in [1.807, 2.05) is 0 Å². The van der Waals surface area contributed by atoms with Crippen molar-refractivity contribution >= 4 is 10.9 Å². The highest BCUT2D eigenvalue weighted by atomic mass is 16.5. The van der Waals surface area contributed by atoms with Crippen molar-refractivity contribution in [3.63, 3.8) is 0 Å². The first-order valence-corrected chi connectivity index (χ1v) is 6.83. The molecular weight excluding hydrogens is 236 g/mol. The smallest absolute Gasteiger partial charge is 0.143 e. The zero-order valence-electron chi connectivity index (χ0n) is 12.6. The molecule has 0 saturated carbocycles. The van der Waals surface area contributed by atoms with E-state index < -0.39 is 0 Å². The van der Waals surface area contributed by atoms with Crippen molar-refractivity contribution in [1.82, 2.24) is 4.57 Å². The first-order valence-electron chi connectivity index (χ1n) is 6.83. The Hall–Kier alpha value is -1.48. The van der Waals surface area contributed by atoms with Crippen LogP contribution < -0.4 is 10.5 Å². The van der Waals surface area contributed by atoms with Crippen LogP contribution in [0.2, 0.25) is 0 Å². The predicted molar refractivity (Wildman–Crippen MR) is 80.9 cm³/mol. The monoisotopic (exact) mass is 260 g/mol. The van der Waals surface area contributed by atoms with E-state index in [4.69, 9.17) is 10.5 Å². The minimum absolute atomic E-state index is 0.237. The second kappa shape index (κ2) is 5.25. The lowest BCUT2D eigenvalue weighted by molar-refractivity contribution is 0.417. The van der Waals surface area contributed by atoms with Crippen LogP contribution in [0.15, 0.2) is 12.1 Å². The molecule has 1 aromatic carbocycles. The molecule has 3 nitrogen and oxygen atoms in total. The third-order valence-corrected chi connectivity index (χ3v) is 3.89. The number of rotatable bonds is 4. The van der Waals surface area contributed by atoms with Crippen molar-refractivity contribution in [2.45, 2.75) is 39.7 Å². The van der Waals surface area contributed by atoms with Gasteiger partial charge in [-0.3, -0.25) is 0 Å². The first kappa shape index (κ1) is 13.9. The number of aryl methyl sites for hydroxylation is 3. The van der Waals surface area contributed by atoms with Gasteiger partial charge in [-0.15, -0.1) is 0 Å². The lowest BCUT2D eigenvalue weighted by Gasteiger charge is -2.07. The topological polar surface area (TPSA) is 40.2 Å². The zero-order chi connectivity index (χ0) is 14.2. The Morgan fingerprint density at radius 2 is 2.00 bits per heavy atom. The van der Waals surface area contributed by atoms with E-state index in [2.05, 4.69) is 44.5 Å². The summed E-state index contributed by atoms with van der Waals surface area (Å²) in [6, 6.07) is 4.58. The number of benzene rings is 1. The highest BCUT2D eigenvalue weighted by Gasteiger charge is 2.16. The highest BCUT2D eigenvalue weighted by Crippen LogP contribution is 2.34. The molecule has 0 amide bonds. The number of hydrogen-bond donors (Lipinski definition) is 1. The summed E-state index contributed by atoms with van der Waals surface area (Å²) in [6.07, 6.45) is 2.03. The SMILES string of the molecule is COc1cc(C)cc2c(CCC(C)N)c(C)n(C)c12. The van der Waals surface area contributed by atoms with Gasteiger partial charge in [0.25, 0.3) is 0 Å². The van der Waals surface area contributed by atoms with Gasteiger partial charge in [-0.2, -0.15) is 0 Å². The summed E-state index contributed by atoms with van der Waals surface area (Å²) in [5.74, 6) is 0.952. The van der Waals surface area contributed by atoms with Gasteiger partial charge in [0.05, 0.1) is 12.6 Å². The normalized spacial score (nSPS) is 12.9. The van der Waals surface area contributed by atoms with E-state index in [1.165, 1.54) is 27.7 Å². The average molecular weight is 260 g/mol. The molecule has 2 N–H and O–H groups in total. The molecule has 0 bridgehead atoms. The van der Waals surface area contributed by atoms with E-state index in [-0.39, 0.29) is 6.04 Å². The van der Waals surface area contributed by atoms with Gasteiger partial charge in [0, 0.05) is 24.2 Å². The van der Waals surface area contributed by atoms with E-state index in [9.17, 15) is 0 Å². The largest absolute Gasteiger partial charge is 0.495 e. The van der Waals surface area contributed by atoms with Crippen LogP contribution >= 0.6 is 0 Å². The molecule has 0 saturated heterocycles. The molecular formula is C16H24N2O. The fourth-order valence-corrected chi connectivity index (χ4v) is 2.73. The third-order valence-electron chi connectivity index (χ3n) is 3.89. The molecule has 0 fully saturated rings. The molecule has 2 aromatic rings. The summed E-state index contributed by atoms with van der Waals surface area (Å²) < 4.78 is 7.76. The summed E-state index contributed by atoms with van der Waals surface area (Å²) >= 11 is 0. The van der Waals surface area contributed by atoms with Crippen molar-refractivity contribution in [3.8, 4) is 5.75 Å². The van der Waals surface area contributed by atoms with Gasteiger partial charge in [0.15, 0.2) is 0 Å². The zero-order valence-corrected chi connectivity index (χ0v) is 12.6. The van der Waals surface area contributed by atoms with E-state index in [0.717, 1.165) is 18.6 Å². The second-order valence-corrected chi connectivity index (χ2v) is 5.50. The Labute approximate surface area is 115 Å². The number of nitrogens with zero attached hydrogens (tertiary/aromatic N) is 1. The van der Waals surface area contributed by atoms with Gasteiger partial charge in [-0.1, -0.05) is 0 Å². The number of nitrogens with two attached hydrogens (primary N) is 1. The maximum Gasteiger partial charge on any atom is 0.143 e. The number of methoxy groups -OCH3 is 1. The summed E-state index contributed by atoms with van der Waals surface area (Å²) in [5.41, 5.74) is 11.0. The van der Waals surface area contributed by atoms with Gasteiger partial charge in [0.1, 0.15) is 5.75 Å². The second-order valence-electron chi connectivity index (χ2n) is 5.50. The Bertz CT molecular complexity index is 597. The van der Waals surface area contributed by atoms with Crippen LogP contribution in [0.5, 0.6) is 5.75 Å². The van der Waals surface area contributed by atoms with Gasteiger partial charge < -0.3 is 15.0 Å². The van der Waals surface area contributed by atoms with Crippen LogP contribution in [0, 0.1) is 13.8 Å². The Kier molecular flexibility index (Phi) is 3.85. The van der Waals surface area contributed by atoms with Gasteiger partial charge in [0.2, 0.25) is 0 Å². The van der Waals surface area contributed by atoms with Crippen LogP contribution in [0.3, 0.4) is 0 Å². The molecule has 3 heteroatoms. The maximum atomic E-state index is 5.90. The number of aromatic nitrogens is 1. The van der Waals surface area contributed by atoms with E-state index in [1.54, 1.807) is 7.11 Å².